The lowest BCUT2D eigenvalue weighted by Crippen LogP contribution is -2.45. The number of nitrogens with one attached hydrogen (secondary N) is 2. The number of rotatable bonds is 4. The Morgan fingerprint density at radius 3 is 2.81 bits per heavy atom. The van der Waals surface area contributed by atoms with Crippen LogP contribution in [0, 0.1) is 6.92 Å². The zero-order valence-electron chi connectivity index (χ0n) is 13.1. The van der Waals surface area contributed by atoms with E-state index in [4.69, 9.17) is 4.74 Å². The third-order valence-electron chi connectivity index (χ3n) is 3.70. The molecular formula is C16H26IN3O. The molecule has 5 heteroatoms. The summed E-state index contributed by atoms with van der Waals surface area (Å²) in [5.74, 6) is 0.822. The van der Waals surface area contributed by atoms with Crippen LogP contribution in [0.1, 0.15) is 30.9 Å². The molecule has 4 nitrogen and oxygen atoms in total. The summed E-state index contributed by atoms with van der Waals surface area (Å²) in [6.07, 6.45) is 2.25. The van der Waals surface area contributed by atoms with Crippen LogP contribution in [0.5, 0.6) is 0 Å². The van der Waals surface area contributed by atoms with E-state index in [0.717, 1.165) is 38.5 Å². The highest BCUT2D eigenvalue weighted by Crippen LogP contribution is 2.23. The van der Waals surface area contributed by atoms with Crippen LogP contribution in [0.15, 0.2) is 29.3 Å². The number of aryl methyl sites for hydroxylation is 1. The normalized spacial score (nSPS) is 21.8. The second-order valence-electron chi connectivity index (χ2n) is 5.67. The molecule has 1 saturated heterocycles. The Kier molecular flexibility index (Phi) is 7.45. The van der Waals surface area contributed by atoms with Gasteiger partial charge in [0.05, 0.1) is 5.60 Å². The Balaban J connectivity index is 0.00000220. The van der Waals surface area contributed by atoms with Gasteiger partial charge < -0.3 is 15.4 Å². The number of guanidine groups is 1. The Bertz CT molecular complexity index is 470. The summed E-state index contributed by atoms with van der Waals surface area (Å²) < 4.78 is 5.77. The minimum Gasteiger partial charge on any atom is -0.373 e. The summed E-state index contributed by atoms with van der Waals surface area (Å²) in [4.78, 5) is 4.26. The molecule has 0 spiro atoms. The van der Waals surface area contributed by atoms with Gasteiger partial charge in [0.25, 0.3) is 0 Å². The maximum absolute atomic E-state index is 5.77. The van der Waals surface area contributed by atoms with Gasteiger partial charge in [-0.2, -0.15) is 0 Å². The maximum atomic E-state index is 5.77. The Hall–Kier alpha value is -0.820. The summed E-state index contributed by atoms with van der Waals surface area (Å²) in [5, 5.41) is 6.69. The van der Waals surface area contributed by atoms with Crippen molar-refractivity contribution >= 4 is 29.9 Å². The van der Waals surface area contributed by atoms with E-state index in [1.165, 1.54) is 11.1 Å². The molecule has 0 bridgehead atoms. The van der Waals surface area contributed by atoms with Crippen molar-refractivity contribution in [3.05, 3.63) is 35.4 Å². The van der Waals surface area contributed by atoms with Crippen LogP contribution < -0.4 is 10.6 Å². The molecule has 1 aromatic carbocycles. The molecule has 1 aliphatic heterocycles. The van der Waals surface area contributed by atoms with Gasteiger partial charge >= 0.3 is 0 Å². The van der Waals surface area contributed by atoms with E-state index in [1.54, 1.807) is 7.05 Å². The highest BCUT2D eigenvalue weighted by atomic mass is 127. The van der Waals surface area contributed by atoms with Gasteiger partial charge in [0.15, 0.2) is 5.96 Å². The topological polar surface area (TPSA) is 45.7 Å². The molecule has 2 N–H and O–H groups in total. The third-order valence-corrected chi connectivity index (χ3v) is 3.70. The first-order chi connectivity index (χ1) is 9.61. The smallest absolute Gasteiger partial charge is 0.191 e. The summed E-state index contributed by atoms with van der Waals surface area (Å²) in [7, 11) is 1.80. The van der Waals surface area contributed by atoms with E-state index in [0.29, 0.717) is 0 Å². The first-order valence-electron chi connectivity index (χ1n) is 7.25. The quantitative estimate of drug-likeness (QED) is 0.462. The summed E-state index contributed by atoms with van der Waals surface area (Å²) in [5.41, 5.74) is 2.48. The van der Waals surface area contributed by atoms with E-state index >= 15 is 0 Å². The predicted molar refractivity (Wildman–Crippen MR) is 98.4 cm³/mol. The van der Waals surface area contributed by atoms with Gasteiger partial charge in [-0.15, -0.1) is 24.0 Å². The fraction of sp³-hybridized carbons (Fsp3) is 0.562. The molecule has 1 aliphatic rings. The zero-order chi connectivity index (χ0) is 14.4. The molecule has 1 fully saturated rings. The van der Waals surface area contributed by atoms with Crippen molar-refractivity contribution in [2.45, 2.75) is 38.8 Å². The predicted octanol–water partition coefficient (Wildman–Crippen LogP) is 2.85. The van der Waals surface area contributed by atoms with Crippen molar-refractivity contribution in [2.24, 2.45) is 4.99 Å². The first-order valence-corrected chi connectivity index (χ1v) is 7.25. The van der Waals surface area contributed by atoms with Crippen LogP contribution in [-0.4, -0.2) is 31.8 Å². The second-order valence-corrected chi connectivity index (χ2v) is 5.67. The summed E-state index contributed by atoms with van der Waals surface area (Å²) >= 11 is 0. The van der Waals surface area contributed by atoms with E-state index in [-0.39, 0.29) is 29.6 Å². The molecule has 1 aromatic rings. The van der Waals surface area contributed by atoms with E-state index in [2.05, 4.69) is 53.7 Å². The lowest BCUT2D eigenvalue weighted by atomic mass is 10.0. The van der Waals surface area contributed by atoms with Crippen molar-refractivity contribution in [1.29, 1.82) is 0 Å². The average molecular weight is 403 g/mol. The number of halogens is 1. The van der Waals surface area contributed by atoms with Gasteiger partial charge in [0.2, 0.25) is 0 Å². The summed E-state index contributed by atoms with van der Waals surface area (Å²) in [6, 6.07) is 8.49. The molecule has 0 amide bonds. The van der Waals surface area contributed by atoms with Gasteiger partial charge in [-0.05, 0) is 32.3 Å². The molecule has 0 aliphatic carbocycles. The lowest BCUT2D eigenvalue weighted by molar-refractivity contribution is 0.0243. The minimum absolute atomic E-state index is 0. The molecule has 21 heavy (non-hydrogen) atoms. The SMILES string of the molecule is CN=C(NCc1cccc(C)c1)NCC1(C)CCCO1.I. The molecule has 118 valence electrons. The Labute approximate surface area is 144 Å². The lowest BCUT2D eigenvalue weighted by Gasteiger charge is -2.24. The number of aliphatic imine (C=N–C) groups is 1. The molecule has 1 unspecified atom stereocenters. The van der Waals surface area contributed by atoms with Gasteiger partial charge in [0.1, 0.15) is 0 Å². The van der Waals surface area contributed by atoms with E-state index in [9.17, 15) is 0 Å². The Morgan fingerprint density at radius 1 is 1.38 bits per heavy atom. The largest absolute Gasteiger partial charge is 0.373 e. The van der Waals surface area contributed by atoms with Crippen LogP contribution in [0.25, 0.3) is 0 Å². The Morgan fingerprint density at radius 2 is 2.19 bits per heavy atom. The van der Waals surface area contributed by atoms with Gasteiger partial charge in [-0.3, -0.25) is 4.99 Å². The van der Waals surface area contributed by atoms with Crippen LogP contribution in [-0.2, 0) is 11.3 Å². The van der Waals surface area contributed by atoms with Crippen molar-refractivity contribution in [3.8, 4) is 0 Å². The van der Waals surface area contributed by atoms with Crippen molar-refractivity contribution in [3.63, 3.8) is 0 Å². The van der Waals surface area contributed by atoms with Crippen LogP contribution in [0.4, 0.5) is 0 Å². The van der Waals surface area contributed by atoms with Crippen LogP contribution in [0.3, 0.4) is 0 Å². The number of hydrogen-bond acceptors (Lipinski definition) is 2. The molecule has 2 rings (SSSR count). The van der Waals surface area contributed by atoms with Crippen LogP contribution in [0.2, 0.25) is 0 Å². The fourth-order valence-corrected chi connectivity index (χ4v) is 2.48. The third kappa shape index (κ3) is 5.82. The summed E-state index contributed by atoms with van der Waals surface area (Å²) in [6.45, 7) is 6.70. The number of benzene rings is 1. The first kappa shape index (κ1) is 18.2. The molecule has 0 saturated carbocycles. The molecular weight excluding hydrogens is 377 g/mol. The monoisotopic (exact) mass is 403 g/mol. The molecule has 0 radical (unpaired) electrons. The van der Waals surface area contributed by atoms with Crippen molar-refractivity contribution in [2.75, 3.05) is 20.2 Å². The second kappa shape index (κ2) is 8.58. The van der Waals surface area contributed by atoms with Crippen molar-refractivity contribution < 1.29 is 4.74 Å². The molecule has 0 aromatic heterocycles. The number of nitrogens with zero attached hydrogens (tertiary/aromatic N) is 1. The zero-order valence-corrected chi connectivity index (χ0v) is 15.4. The highest BCUT2D eigenvalue weighted by Gasteiger charge is 2.29. The van der Waals surface area contributed by atoms with Gasteiger partial charge in [-0.25, -0.2) is 0 Å². The average Bonchev–Trinajstić information content (AvgIpc) is 2.86. The fourth-order valence-electron chi connectivity index (χ4n) is 2.48. The standard InChI is InChI=1S/C16H25N3O.HI/c1-13-6-4-7-14(10-13)11-18-15(17-3)19-12-16(2)8-5-9-20-16;/h4,6-7,10H,5,8-9,11-12H2,1-3H3,(H2,17,18,19);1H. The number of hydrogen-bond donors (Lipinski definition) is 2. The van der Waals surface area contributed by atoms with E-state index in [1.807, 2.05) is 0 Å². The van der Waals surface area contributed by atoms with Crippen molar-refractivity contribution in [1.82, 2.24) is 10.6 Å². The van der Waals surface area contributed by atoms with Crippen LogP contribution >= 0.6 is 24.0 Å². The molecule has 1 atom stereocenters. The minimum atomic E-state index is -0.0546. The van der Waals surface area contributed by atoms with Gasteiger partial charge in [0, 0.05) is 26.7 Å². The van der Waals surface area contributed by atoms with E-state index < -0.39 is 0 Å². The molecule has 1 heterocycles. The number of ether oxygens (including phenoxy) is 1. The highest BCUT2D eigenvalue weighted by molar-refractivity contribution is 14.0. The van der Waals surface area contributed by atoms with Gasteiger partial charge in [-0.1, -0.05) is 29.8 Å². The maximum Gasteiger partial charge on any atom is 0.191 e.